The highest BCUT2D eigenvalue weighted by molar-refractivity contribution is 9.10. The largest absolute Gasteiger partial charge is 0.573 e. The maximum atomic E-state index is 13.8. The van der Waals surface area contributed by atoms with Gasteiger partial charge in [0, 0.05) is 21.5 Å². The summed E-state index contributed by atoms with van der Waals surface area (Å²) in [5, 5.41) is 0. The number of thioether (sulfide) groups is 1. The standard InChI is InChI=1S/C16H13BrF5O4PS/c17-14-7-11(3-6-13(14)15(18,19)27(23,24)25)9-28-8-10-1-4-12(5-2-10)26-16(20,21)22/h1-7H,8-9H2,(H2,23,24,25). The van der Waals surface area contributed by atoms with Gasteiger partial charge in [0.05, 0.1) is 0 Å². The third kappa shape index (κ3) is 6.18. The summed E-state index contributed by atoms with van der Waals surface area (Å²) in [6, 6.07) is 8.96. The molecular formula is C16H13BrF5O4PS. The molecule has 0 amide bonds. The van der Waals surface area contributed by atoms with Crippen LogP contribution in [0, 0.1) is 0 Å². The van der Waals surface area contributed by atoms with Crippen LogP contribution in [0.5, 0.6) is 5.75 Å². The molecule has 0 atom stereocenters. The molecule has 0 saturated heterocycles. The SMILES string of the molecule is O=P(O)(O)C(F)(F)c1ccc(CSCc2ccc(OC(F)(F)F)cc2)cc1Br. The first-order valence-electron chi connectivity index (χ1n) is 7.44. The Hall–Kier alpha value is -1.13. The van der Waals surface area contributed by atoms with E-state index in [-0.39, 0.29) is 10.2 Å². The van der Waals surface area contributed by atoms with Crippen molar-refractivity contribution in [2.75, 3.05) is 0 Å². The Bertz CT molecular complexity index is 870. The van der Waals surface area contributed by atoms with Crippen LogP contribution in [0.2, 0.25) is 0 Å². The van der Waals surface area contributed by atoms with Gasteiger partial charge < -0.3 is 14.5 Å². The van der Waals surface area contributed by atoms with Crippen molar-refractivity contribution in [3.63, 3.8) is 0 Å². The Kier molecular flexibility index (Phi) is 7.20. The van der Waals surface area contributed by atoms with Crippen LogP contribution in [0.25, 0.3) is 0 Å². The average Bonchev–Trinajstić information content (AvgIpc) is 2.54. The Morgan fingerprint density at radius 3 is 2.00 bits per heavy atom. The highest BCUT2D eigenvalue weighted by Gasteiger charge is 2.51. The quantitative estimate of drug-likeness (QED) is 0.355. The fourth-order valence-electron chi connectivity index (χ4n) is 2.12. The van der Waals surface area contributed by atoms with Gasteiger partial charge in [-0.25, -0.2) is 0 Å². The summed E-state index contributed by atoms with van der Waals surface area (Å²) in [6.45, 7) is 0. The van der Waals surface area contributed by atoms with E-state index in [9.17, 15) is 26.5 Å². The van der Waals surface area contributed by atoms with Gasteiger partial charge in [-0.2, -0.15) is 20.5 Å². The second-order valence-corrected chi connectivity index (χ2v) is 9.07. The lowest BCUT2D eigenvalue weighted by molar-refractivity contribution is -0.274. The maximum absolute atomic E-state index is 13.8. The van der Waals surface area contributed by atoms with Crippen molar-refractivity contribution in [2.24, 2.45) is 0 Å². The van der Waals surface area contributed by atoms with Crippen molar-refractivity contribution in [1.29, 1.82) is 0 Å². The minimum atomic E-state index is -5.66. The molecule has 0 aliphatic carbocycles. The van der Waals surface area contributed by atoms with Crippen LogP contribution in [0.15, 0.2) is 46.9 Å². The van der Waals surface area contributed by atoms with E-state index >= 15 is 0 Å². The highest BCUT2D eigenvalue weighted by atomic mass is 79.9. The molecule has 0 aliphatic rings. The van der Waals surface area contributed by atoms with E-state index in [2.05, 4.69) is 20.7 Å². The van der Waals surface area contributed by atoms with Crippen LogP contribution < -0.4 is 4.74 Å². The fraction of sp³-hybridized carbons (Fsp3) is 0.250. The molecule has 0 aliphatic heterocycles. The van der Waals surface area contributed by atoms with Crippen molar-refractivity contribution >= 4 is 35.3 Å². The number of ether oxygens (including phenoxy) is 1. The molecule has 0 saturated carbocycles. The highest BCUT2D eigenvalue weighted by Crippen LogP contribution is 2.60. The van der Waals surface area contributed by atoms with Crippen molar-refractivity contribution in [2.45, 2.75) is 23.5 Å². The molecule has 0 fully saturated rings. The third-order valence-corrected chi connectivity index (χ3v) is 6.12. The van der Waals surface area contributed by atoms with Gasteiger partial charge >= 0.3 is 19.6 Å². The second-order valence-electron chi connectivity index (χ2n) is 5.58. The van der Waals surface area contributed by atoms with Crippen molar-refractivity contribution in [3.05, 3.63) is 63.6 Å². The molecule has 154 valence electrons. The summed E-state index contributed by atoms with van der Waals surface area (Å²) in [5.41, 5.74) is -3.75. The van der Waals surface area contributed by atoms with Gasteiger partial charge in [0.25, 0.3) is 0 Å². The number of alkyl halides is 5. The second kappa shape index (κ2) is 8.71. The molecule has 0 spiro atoms. The number of hydrogen-bond acceptors (Lipinski definition) is 3. The summed E-state index contributed by atoms with van der Waals surface area (Å²) in [6.07, 6.45) is -4.76. The molecule has 0 heterocycles. The van der Waals surface area contributed by atoms with Gasteiger partial charge in [-0.1, -0.05) is 40.2 Å². The number of rotatable bonds is 7. The lowest BCUT2D eigenvalue weighted by Crippen LogP contribution is -2.16. The zero-order valence-corrected chi connectivity index (χ0v) is 17.1. The monoisotopic (exact) mass is 506 g/mol. The maximum Gasteiger partial charge on any atom is 0.573 e. The summed E-state index contributed by atoms with van der Waals surface area (Å²) in [4.78, 5) is 17.6. The Morgan fingerprint density at radius 2 is 1.50 bits per heavy atom. The Labute approximate surface area is 169 Å². The summed E-state index contributed by atoms with van der Waals surface area (Å²) in [7, 11) is -5.66. The zero-order chi connectivity index (χ0) is 21.2. The molecule has 0 radical (unpaired) electrons. The van der Waals surface area contributed by atoms with Crippen LogP contribution in [0.1, 0.15) is 16.7 Å². The van der Waals surface area contributed by atoms with Gasteiger partial charge in [-0.05, 0) is 29.3 Å². The molecule has 0 unspecified atom stereocenters. The lowest BCUT2D eigenvalue weighted by atomic mass is 10.1. The lowest BCUT2D eigenvalue weighted by Gasteiger charge is -2.19. The molecule has 12 heteroatoms. The van der Waals surface area contributed by atoms with E-state index in [1.807, 2.05) is 0 Å². The van der Waals surface area contributed by atoms with Crippen molar-refractivity contribution in [3.8, 4) is 5.75 Å². The molecular weight excluding hydrogens is 494 g/mol. The molecule has 2 aromatic rings. The van der Waals surface area contributed by atoms with Gasteiger partial charge in [-0.15, -0.1) is 13.2 Å². The topological polar surface area (TPSA) is 66.8 Å². The van der Waals surface area contributed by atoms with Crippen LogP contribution >= 0.6 is 35.3 Å². The molecule has 2 aromatic carbocycles. The number of benzene rings is 2. The van der Waals surface area contributed by atoms with E-state index in [1.165, 1.54) is 48.2 Å². The number of hydrogen-bond donors (Lipinski definition) is 2. The summed E-state index contributed by atoms with van der Waals surface area (Å²) >= 11 is 4.29. The third-order valence-electron chi connectivity index (χ3n) is 3.42. The normalized spacial score (nSPS) is 12.9. The molecule has 2 rings (SSSR count). The van der Waals surface area contributed by atoms with E-state index in [1.54, 1.807) is 0 Å². The van der Waals surface area contributed by atoms with Crippen molar-refractivity contribution in [1.82, 2.24) is 0 Å². The van der Waals surface area contributed by atoms with Crippen LogP contribution in [0.3, 0.4) is 0 Å². The average molecular weight is 507 g/mol. The summed E-state index contributed by atoms with van der Waals surface area (Å²) < 4.78 is 78.5. The summed E-state index contributed by atoms with van der Waals surface area (Å²) in [5.74, 6) is 0.512. The minimum Gasteiger partial charge on any atom is -0.406 e. The molecule has 2 N–H and O–H groups in total. The zero-order valence-electron chi connectivity index (χ0n) is 13.8. The van der Waals surface area contributed by atoms with Crippen LogP contribution in [0.4, 0.5) is 22.0 Å². The van der Waals surface area contributed by atoms with Crippen LogP contribution in [-0.4, -0.2) is 16.1 Å². The fourth-order valence-corrected chi connectivity index (χ4v) is 4.41. The van der Waals surface area contributed by atoms with E-state index in [0.29, 0.717) is 17.1 Å². The Balaban J connectivity index is 1.97. The molecule has 0 bridgehead atoms. The predicted molar refractivity (Wildman–Crippen MR) is 98.2 cm³/mol. The van der Waals surface area contributed by atoms with Gasteiger partial charge in [-0.3, -0.25) is 4.57 Å². The first-order chi connectivity index (χ1) is 12.8. The molecule has 0 aromatic heterocycles. The van der Waals surface area contributed by atoms with E-state index in [4.69, 9.17) is 9.79 Å². The first-order valence-corrected chi connectivity index (χ1v) is 11.0. The molecule has 4 nitrogen and oxygen atoms in total. The first kappa shape index (κ1) is 23.2. The van der Waals surface area contributed by atoms with Crippen LogP contribution in [-0.2, 0) is 21.7 Å². The van der Waals surface area contributed by atoms with Crippen molar-refractivity contribution < 1.29 is 41.0 Å². The predicted octanol–water partition coefficient (Wildman–Crippen LogP) is 6.01. The van der Waals surface area contributed by atoms with E-state index in [0.717, 1.165) is 11.6 Å². The number of halogens is 6. The smallest absolute Gasteiger partial charge is 0.406 e. The van der Waals surface area contributed by atoms with Gasteiger partial charge in [0.15, 0.2) is 0 Å². The Morgan fingerprint density at radius 1 is 0.964 bits per heavy atom. The molecule has 28 heavy (non-hydrogen) atoms. The van der Waals surface area contributed by atoms with E-state index < -0.39 is 25.2 Å². The minimum absolute atomic E-state index is 0.132. The van der Waals surface area contributed by atoms with Gasteiger partial charge in [0.1, 0.15) is 5.75 Å². The van der Waals surface area contributed by atoms with Gasteiger partial charge in [0.2, 0.25) is 0 Å².